The lowest BCUT2D eigenvalue weighted by Gasteiger charge is -2.14. The standard InChI is InChI=1S/C25H25N9O/c1-15(2)34-12-10-28-20(34)14-29-25(35)23-24(26)31-22(19-8-11-33(3)32-19)21(30-23)17-6-7-18-16(13-17)5-4-9-27-18/h4-13,15H,14H2,1-3H3,(H2,26,31)(H,29,35). The lowest BCUT2D eigenvalue weighted by Crippen LogP contribution is -2.27. The Morgan fingerprint density at radius 3 is 2.69 bits per heavy atom. The summed E-state index contributed by atoms with van der Waals surface area (Å²) in [6.45, 7) is 4.35. The first-order chi connectivity index (χ1) is 16.9. The van der Waals surface area contributed by atoms with E-state index in [1.807, 2.05) is 60.4 Å². The maximum absolute atomic E-state index is 13.1. The number of imidazole rings is 1. The molecule has 4 heterocycles. The van der Waals surface area contributed by atoms with Crippen LogP contribution in [0.2, 0.25) is 0 Å². The smallest absolute Gasteiger partial charge is 0.274 e. The van der Waals surface area contributed by atoms with Crippen LogP contribution >= 0.6 is 0 Å². The van der Waals surface area contributed by atoms with Gasteiger partial charge in [-0.2, -0.15) is 5.10 Å². The Morgan fingerprint density at radius 2 is 1.91 bits per heavy atom. The number of aromatic nitrogens is 7. The van der Waals surface area contributed by atoms with Gasteiger partial charge in [-0.25, -0.2) is 15.0 Å². The van der Waals surface area contributed by atoms with Crippen molar-refractivity contribution in [3.05, 3.63) is 72.7 Å². The number of aryl methyl sites for hydroxylation is 1. The van der Waals surface area contributed by atoms with E-state index in [9.17, 15) is 4.79 Å². The van der Waals surface area contributed by atoms with Crippen molar-refractivity contribution in [2.75, 3.05) is 5.73 Å². The minimum Gasteiger partial charge on any atom is -0.382 e. The van der Waals surface area contributed by atoms with Crippen LogP contribution in [0.1, 0.15) is 36.2 Å². The average Bonchev–Trinajstić information content (AvgIpc) is 3.51. The molecule has 0 atom stereocenters. The molecule has 0 unspecified atom stereocenters. The van der Waals surface area contributed by atoms with E-state index in [1.54, 1.807) is 17.1 Å². The number of carbonyl (C=O) groups is 1. The number of anilines is 1. The summed E-state index contributed by atoms with van der Waals surface area (Å²) >= 11 is 0. The third-order valence-electron chi connectivity index (χ3n) is 5.68. The average molecular weight is 468 g/mol. The van der Waals surface area contributed by atoms with Crippen LogP contribution in [0.15, 0.2) is 61.2 Å². The van der Waals surface area contributed by atoms with Crippen LogP contribution in [0.4, 0.5) is 5.82 Å². The molecular weight excluding hydrogens is 442 g/mol. The summed E-state index contributed by atoms with van der Waals surface area (Å²) in [5.74, 6) is 0.346. The largest absolute Gasteiger partial charge is 0.382 e. The second kappa shape index (κ2) is 8.98. The first-order valence-electron chi connectivity index (χ1n) is 11.2. The quantitative estimate of drug-likeness (QED) is 0.391. The van der Waals surface area contributed by atoms with Crippen LogP contribution in [0, 0.1) is 0 Å². The summed E-state index contributed by atoms with van der Waals surface area (Å²) in [4.78, 5) is 31.1. The molecule has 1 amide bonds. The van der Waals surface area contributed by atoms with Crippen LogP contribution in [-0.2, 0) is 13.6 Å². The lowest BCUT2D eigenvalue weighted by atomic mass is 10.0. The Kier molecular flexibility index (Phi) is 5.69. The number of rotatable bonds is 6. The Balaban J connectivity index is 1.56. The molecule has 0 aliphatic heterocycles. The van der Waals surface area contributed by atoms with E-state index in [4.69, 9.17) is 10.7 Å². The van der Waals surface area contributed by atoms with Gasteiger partial charge in [-0.1, -0.05) is 12.1 Å². The third kappa shape index (κ3) is 4.33. The fourth-order valence-corrected chi connectivity index (χ4v) is 3.95. The van der Waals surface area contributed by atoms with Gasteiger partial charge in [0, 0.05) is 48.8 Å². The number of hydrogen-bond donors (Lipinski definition) is 2. The van der Waals surface area contributed by atoms with Crippen LogP contribution in [-0.4, -0.2) is 40.2 Å². The third-order valence-corrected chi connectivity index (χ3v) is 5.68. The van der Waals surface area contributed by atoms with E-state index in [-0.39, 0.29) is 24.1 Å². The van der Waals surface area contributed by atoms with E-state index >= 15 is 0 Å². The maximum atomic E-state index is 13.1. The van der Waals surface area contributed by atoms with Gasteiger partial charge in [-0.3, -0.25) is 14.5 Å². The molecule has 1 aromatic carbocycles. The zero-order chi connectivity index (χ0) is 24.5. The van der Waals surface area contributed by atoms with E-state index in [1.165, 1.54) is 0 Å². The predicted octanol–water partition coefficient (Wildman–Crippen LogP) is 3.38. The Bertz CT molecular complexity index is 1530. The number of nitrogens with one attached hydrogen (secondary N) is 1. The molecule has 0 bridgehead atoms. The summed E-state index contributed by atoms with van der Waals surface area (Å²) in [6.07, 6.45) is 7.16. The first-order valence-corrected chi connectivity index (χ1v) is 11.2. The van der Waals surface area contributed by atoms with Crippen LogP contribution < -0.4 is 11.1 Å². The second-order valence-electron chi connectivity index (χ2n) is 8.47. The SMILES string of the molecule is CC(C)n1ccnc1CNC(=O)c1nc(-c2ccc3ncccc3c2)c(-c2ccn(C)n2)nc1N. The van der Waals surface area contributed by atoms with Gasteiger partial charge in [0.15, 0.2) is 11.5 Å². The van der Waals surface area contributed by atoms with Gasteiger partial charge < -0.3 is 15.6 Å². The molecule has 0 fully saturated rings. The predicted molar refractivity (Wildman–Crippen MR) is 133 cm³/mol. The molecule has 10 heteroatoms. The summed E-state index contributed by atoms with van der Waals surface area (Å²) < 4.78 is 3.67. The van der Waals surface area contributed by atoms with Crippen molar-refractivity contribution < 1.29 is 4.79 Å². The number of nitrogens with two attached hydrogens (primary N) is 1. The molecule has 0 radical (unpaired) electrons. The number of nitrogens with zero attached hydrogens (tertiary/aromatic N) is 7. The van der Waals surface area contributed by atoms with E-state index in [2.05, 4.69) is 39.2 Å². The molecular formula is C25H25N9O. The molecule has 0 saturated heterocycles. The monoisotopic (exact) mass is 467 g/mol. The molecule has 5 rings (SSSR count). The number of nitrogen functional groups attached to an aromatic ring is 1. The molecule has 4 aromatic heterocycles. The number of hydrogen-bond acceptors (Lipinski definition) is 7. The summed E-state index contributed by atoms with van der Waals surface area (Å²) in [5, 5.41) is 8.30. The molecule has 35 heavy (non-hydrogen) atoms. The molecule has 3 N–H and O–H groups in total. The number of pyridine rings is 1. The highest BCUT2D eigenvalue weighted by atomic mass is 16.1. The minimum absolute atomic E-state index is 0.0292. The van der Waals surface area contributed by atoms with Crippen molar-refractivity contribution in [2.24, 2.45) is 7.05 Å². The fraction of sp³-hybridized carbons (Fsp3) is 0.200. The van der Waals surface area contributed by atoms with Crippen LogP contribution in [0.3, 0.4) is 0 Å². The van der Waals surface area contributed by atoms with E-state index in [0.717, 1.165) is 22.3 Å². The lowest BCUT2D eigenvalue weighted by molar-refractivity contribution is 0.0945. The summed E-state index contributed by atoms with van der Waals surface area (Å²) in [7, 11) is 1.82. The molecule has 176 valence electrons. The molecule has 10 nitrogen and oxygen atoms in total. The zero-order valence-corrected chi connectivity index (χ0v) is 19.7. The number of carbonyl (C=O) groups excluding carboxylic acids is 1. The number of fused-ring (bicyclic) bond motifs is 1. The van der Waals surface area contributed by atoms with Crippen molar-refractivity contribution in [3.63, 3.8) is 0 Å². The van der Waals surface area contributed by atoms with Gasteiger partial charge in [0.2, 0.25) is 0 Å². The fourth-order valence-electron chi connectivity index (χ4n) is 3.95. The van der Waals surface area contributed by atoms with Crippen molar-refractivity contribution in [3.8, 4) is 22.6 Å². The highest BCUT2D eigenvalue weighted by molar-refractivity contribution is 5.98. The summed E-state index contributed by atoms with van der Waals surface area (Å²) in [5.41, 5.74) is 9.54. The van der Waals surface area contributed by atoms with Crippen molar-refractivity contribution in [1.29, 1.82) is 0 Å². The van der Waals surface area contributed by atoms with E-state index < -0.39 is 5.91 Å². The number of amides is 1. The Labute approximate surface area is 201 Å². The molecule has 5 aromatic rings. The maximum Gasteiger partial charge on any atom is 0.274 e. The first kappa shape index (κ1) is 22.2. The van der Waals surface area contributed by atoms with Crippen LogP contribution in [0.25, 0.3) is 33.5 Å². The van der Waals surface area contributed by atoms with Crippen molar-refractivity contribution in [1.82, 2.24) is 39.6 Å². The molecule has 0 spiro atoms. The van der Waals surface area contributed by atoms with Gasteiger partial charge in [-0.05, 0) is 38.1 Å². The normalized spacial score (nSPS) is 11.3. The second-order valence-corrected chi connectivity index (χ2v) is 8.47. The van der Waals surface area contributed by atoms with Gasteiger partial charge in [0.1, 0.15) is 17.2 Å². The highest BCUT2D eigenvalue weighted by Crippen LogP contribution is 2.31. The van der Waals surface area contributed by atoms with Crippen molar-refractivity contribution >= 4 is 22.6 Å². The zero-order valence-electron chi connectivity index (χ0n) is 19.7. The highest BCUT2D eigenvalue weighted by Gasteiger charge is 2.22. The van der Waals surface area contributed by atoms with E-state index in [0.29, 0.717) is 17.1 Å². The van der Waals surface area contributed by atoms with Crippen LogP contribution in [0.5, 0.6) is 0 Å². The molecule has 0 aliphatic rings. The molecule has 0 saturated carbocycles. The van der Waals surface area contributed by atoms with Gasteiger partial charge in [-0.15, -0.1) is 0 Å². The van der Waals surface area contributed by atoms with Crippen molar-refractivity contribution in [2.45, 2.75) is 26.4 Å². The van der Waals surface area contributed by atoms with Gasteiger partial charge in [0.25, 0.3) is 5.91 Å². The van der Waals surface area contributed by atoms with Gasteiger partial charge >= 0.3 is 0 Å². The topological polar surface area (TPSA) is 129 Å². The molecule has 0 aliphatic carbocycles. The van der Waals surface area contributed by atoms with Gasteiger partial charge in [0.05, 0.1) is 17.8 Å². The number of benzene rings is 1. The minimum atomic E-state index is -0.426. The Morgan fingerprint density at radius 1 is 1.06 bits per heavy atom. The summed E-state index contributed by atoms with van der Waals surface area (Å²) in [6, 6.07) is 11.7. The Hall–Kier alpha value is -4.60.